The number of aliphatic hydroxyl groups excluding tert-OH is 5. The lowest BCUT2D eigenvalue weighted by atomic mass is 9.99. The molecule has 1 aliphatic heterocycles. The predicted octanol–water partition coefficient (Wildman–Crippen LogP) is 15.3. The zero-order valence-electron chi connectivity index (χ0n) is 49.8. The Balaban J connectivity index is 2.62. The number of hydrogen-bond acceptors (Lipinski definition) is 10. The van der Waals surface area contributed by atoms with Crippen LogP contribution in [0.5, 0.6) is 0 Å². The number of amides is 1. The molecule has 11 heteroatoms. The van der Waals surface area contributed by atoms with Crippen LogP contribution in [0.25, 0.3) is 0 Å². The van der Waals surface area contributed by atoms with E-state index >= 15 is 0 Å². The van der Waals surface area contributed by atoms with Crippen molar-refractivity contribution in [1.29, 1.82) is 0 Å². The van der Waals surface area contributed by atoms with E-state index in [1.54, 1.807) is 6.08 Å². The van der Waals surface area contributed by atoms with Gasteiger partial charge in [0.2, 0.25) is 5.91 Å². The van der Waals surface area contributed by atoms with E-state index in [0.717, 1.165) is 103 Å². The lowest BCUT2D eigenvalue weighted by Gasteiger charge is -2.41. The van der Waals surface area contributed by atoms with Crippen molar-refractivity contribution in [3.8, 4) is 0 Å². The first-order valence-electron chi connectivity index (χ1n) is 31.9. The Bertz CT molecular complexity index is 1590. The molecule has 1 heterocycles. The number of ether oxygens (including phenoxy) is 3. The highest BCUT2D eigenvalue weighted by molar-refractivity contribution is 5.80. The molecule has 11 nitrogen and oxygen atoms in total. The molecule has 8 unspecified atom stereocenters. The van der Waals surface area contributed by atoms with Crippen LogP contribution in [0.4, 0.5) is 0 Å². The van der Waals surface area contributed by atoms with Gasteiger partial charge in [-0.25, -0.2) is 0 Å². The molecule has 0 radical (unpaired) electrons. The van der Waals surface area contributed by atoms with Crippen molar-refractivity contribution in [3.05, 3.63) is 85.1 Å². The van der Waals surface area contributed by atoms with Crippen LogP contribution in [0.3, 0.4) is 0 Å². The normalized spacial score (nSPS) is 19.5. The van der Waals surface area contributed by atoms with E-state index in [4.69, 9.17) is 14.2 Å². The second kappa shape index (κ2) is 54.4. The molecule has 1 fully saturated rings. The van der Waals surface area contributed by atoms with Crippen LogP contribution in [-0.4, -0.2) is 99.6 Å². The summed E-state index contributed by atoms with van der Waals surface area (Å²) < 4.78 is 17.6. The van der Waals surface area contributed by atoms with Crippen LogP contribution in [0, 0.1) is 0 Å². The quantitative estimate of drug-likeness (QED) is 0.0195. The zero-order valence-corrected chi connectivity index (χ0v) is 49.8. The predicted molar refractivity (Wildman–Crippen MR) is 324 cm³/mol. The maximum Gasteiger partial charge on any atom is 0.306 e. The maximum absolute atomic E-state index is 13.4. The molecular weight excluding hydrogens is 979 g/mol. The van der Waals surface area contributed by atoms with Gasteiger partial charge < -0.3 is 45.1 Å². The number of carbonyl (C=O) groups is 2. The summed E-state index contributed by atoms with van der Waals surface area (Å²) in [5.41, 5.74) is 0. The molecule has 1 rings (SSSR count). The van der Waals surface area contributed by atoms with Gasteiger partial charge in [0.25, 0.3) is 0 Å². The summed E-state index contributed by atoms with van der Waals surface area (Å²) in [4.78, 5) is 26.5. The SMILES string of the molecule is CC/C=C/C/C=C/C/C=C/CCCCCCC(=O)OC1C(OCC(NC(=O)C(O)CCCCCCCCCCCCC/C=C\C/C=C\C/C=C\CCCCC)C(O)/C=C/CCCCCCCCCCC)OC(CO)C(O)C1O. The molecule has 0 aromatic heterocycles. The molecule has 78 heavy (non-hydrogen) atoms. The molecule has 1 saturated heterocycles. The van der Waals surface area contributed by atoms with Gasteiger partial charge in [-0.3, -0.25) is 9.59 Å². The minimum atomic E-state index is -1.63. The number of esters is 1. The standard InChI is InChI=1S/C67H117NO10/c1-4-7-10-13-16-19-22-24-26-27-28-29-30-31-32-33-34-35-36-39-42-45-48-51-54-60(71)66(75)68-58(59(70)53-50-47-44-41-38-21-18-15-12-9-6-3)57-76-67-65(64(74)63(73)61(56-69)77-67)78-62(72)55-52-49-46-43-40-37-25-23-20-17-14-11-8-5-2/h8,11,16-17,19-20,24-26,28-29,37,50,53,58-61,63-65,67,69-71,73-74H,4-7,9-10,12-15,18,21-23,27,30-36,38-49,51-52,54-57H2,1-3H3,(H,68,75)/b11-8+,19-16-,20-17+,26-24-,29-28-,37-25+,53-50+. The first-order valence-corrected chi connectivity index (χ1v) is 31.9. The smallest absolute Gasteiger partial charge is 0.306 e. The summed E-state index contributed by atoms with van der Waals surface area (Å²) in [6.07, 6.45) is 60.6. The van der Waals surface area contributed by atoms with Crippen molar-refractivity contribution in [2.24, 2.45) is 0 Å². The van der Waals surface area contributed by atoms with Crippen LogP contribution >= 0.6 is 0 Å². The molecule has 0 saturated carbocycles. The van der Waals surface area contributed by atoms with E-state index in [-0.39, 0.29) is 19.4 Å². The number of hydrogen-bond donors (Lipinski definition) is 6. The van der Waals surface area contributed by atoms with Crippen molar-refractivity contribution in [2.75, 3.05) is 13.2 Å². The zero-order chi connectivity index (χ0) is 56.8. The molecule has 450 valence electrons. The average Bonchev–Trinajstić information content (AvgIpc) is 3.44. The van der Waals surface area contributed by atoms with Crippen LogP contribution in [0.2, 0.25) is 0 Å². The second-order valence-electron chi connectivity index (χ2n) is 21.8. The van der Waals surface area contributed by atoms with Crippen molar-refractivity contribution in [1.82, 2.24) is 5.32 Å². The van der Waals surface area contributed by atoms with Crippen LogP contribution in [-0.2, 0) is 23.8 Å². The summed E-state index contributed by atoms with van der Waals surface area (Å²) in [6.45, 7) is 5.63. The maximum atomic E-state index is 13.4. The first kappa shape index (κ1) is 72.9. The Morgan fingerprint density at radius 1 is 0.513 bits per heavy atom. The van der Waals surface area contributed by atoms with Crippen molar-refractivity contribution >= 4 is 11.9 Å². The fourth-order valence-electron chi connectivity index (χ4n) is 9.50. The number of allylic oxidation sites excluding steroid dienone is 13. The second-order valence-corrected chi connectivity index (χ2v) is 21.8. The van der Waals surface area contributed by atoms with Gasteiger partial charge in [0, 0.05) is 6.42 Å². The topological polar surface area (TPSA) is 175 Å². The first-order chi connectivity index (χ1) is 38.2. The van der Waals surface area contributed by atoms with Crippen LogP contribution < -0.4 is 5.32 Å². The van der Waals surface area contributed by atoms with E-state index in [2.05, 4.69) is 99.0 Å². The molecule has 0 aromatic rings. The molecule has 0 spiro atoms. The summed E-state index contributed by atoms with van der Waals surface area (Å²) in [5, 5.41) is 57.0. The molecule has 0 bridgehead atoms. The van der Waals surface area contributed by atoms with Gasteiger partial charge >= 0.3 is 5.97 Å². The van der Waals surface area contributed by atoms with Crippen molar-refractivity contribution in [2.45, 2.75) is 314 Å². The number of unbranched alkanes of at least 4 members (excludes halogenated alkanes) is 27. The molecule has 0 aromatic carbocycles. The van der Waals surface area contributed by atoms with Crippen molar-refractivity contribution < 1.29 is 49.3 Å². The van der Waals surface area contributed by atoms with Gasteiger partial charge in [0.05, 0.1) is 25.4 Å². The molecule has 0 aliphatic carbocycles. The number of aliphatic hydroxyl groups is 5. The molecule has 8 atom stereocenters. The molecule has 6 N–H and O–H groups in total. The van der Waals surface area contributed by atoms with E-state index in [0.29, 0.717) is 12.8 Å². The highest BCUT2D eigenvalue weighted by Gasteiger charge is 2.47. The molecule has 1 aliphatic rings. The summed E-state index contributed by atoms with van der Waals surface area (Å²) in [5.74, 6) is -1.22. The third-order valence-corrected chi connectivity index (χ3v) is 14.5. The minimum Gasteiger partial charge on any atom is -0.454 e. The lowest BCUT2D eigenvalue weighted by Crippen LogP contribution is -2.61. The third-order valence-electron chi connectivity index (χ3n) is 14.5. The van der Waals surface area contributed by atoms with Gasteiger partial charge in [0.1, 0.15) is 24.4 Å². The van der Waals surface area contributed by atoms with E-state index in [1.165, 1.54) is 116 Å². The van der Waals surface area contributed by atoms with Crippen LogP contribution in [0.15, 0.2) is 85.1 Å². The third kappa shape index (κ3) is 41.8. The lowest BCUT2D eigenvalue weighted by molar-refractivity contribution is -0.305. The largest absolute Gasteiger partial charge is 0.454 e. The highest BCUT2D eigenvalue weighted by atomic mass is 16.7. The summed E-state index contributed by atoms with van der Waals surface area (Å²) >= 11 is 0. The Labute approximate surface area is 476 Å². The Morgan fingerprint density at radius 2 is 0.923 bits per heavy atom. The van der Waals surface area contributed by atoms with E-state index in [9.17, 15) is 35.1 Å². The summed E-state index contributed by atoms with van der Waals surface area (Å²) in [7, 11) is 0. The fraction of sp³-hybridized carbons (Fsp3) is 0.761. The van der Waals surface area contributed by atoms with Gasteiger partial charge in [-0.1, -0.05) is 247 Å². The average molecular weight is 1100 g/mol. The van der Waals surface area contributed by atoms with Gasteiger partial charge in [-0.2, -0.15) is 0 Å². The van der Waals surface area contributed by atoms with Crippen molar-refractivity contribution in [3.63, 3.8) is 0 Å². The van der Waals surface area contributed by atoms with Crippen LogP contribution in [0.1, 0.15) is 265 Å². The van der Waals surface area contributed by atoms with E-state index in [1.807, 2.05) is 6.08 Å². The number of carbonyl (C=O) groups excluding carboxylic acids is 2. The van der Waals surface area contributed by atoms with Gasteiger partial charge in [-0.15, -0.1) is 0 Å². The number of nitrogens with one attached hydrogen (secondary N) is 1. The molecular formula is C67H117NO10. The minimum absolute atomic E-state index is 0.0947. The Morgan fingerprint density at radius 3 is 1.41 bits per heavy atom. The fourth-order valence-corrected chi connectivity index (χ4v) is 9.50. The highest BCUT2D eigenvalue weighted by Crippen LogP contribution is 2.26. The Hall–Kier alpha value is -3.16. The Kier molecular flexibility index (Phi) is 50.8. The molecule has 1 amide bonds. The van der Waals surface area contributed by atoms with Gasteiger partial charge in [0.15, 0.2) is 12.4 Å². The number of rotatable bonds is 53. The van der Waals surface area contributed by atoms with E-state index < -0.39 is 67.4 Å². The summed E-state index contributed by atoms with van der Waals surface area (Å²) in [6, 6.07) is -1.03. The van der Waals surface area contributed by atoms with Gasteiger partial charge in [-0.05, 0) is 96.3 Å². The monoisotopic (exact) mass is 1100 g/mol.